The molecule has 1 fully saturated rings. The highest BCUT2D eigenvalue weighted by molar-refractivity contribution is 5.79. The fourth-order valence-electron chi connectivity index (χ4n) is 4.27. The predicted octanol–water partition coefficient (Wildman–Crippen LogP) is 4.09. The minimum absolute atomic E-state index is 0.191. The molecule has 3 rings (SSSR count). The van der Waals surface area contributed by atoms with Crippen LogP contribution in [-0.2, 0) is 11.3 Å². The van der Waals surface area contributed by atoms with E-state index in [0.29, 0.717) is 11.9 Å². The standard InChI is InChI=1S/C22H34N4O/c1-5-13-25(6-2)22(27)18-11-14-24(15-12-18)16-21-23-19-9-7-8-10-20(19)26(21)17(3)4/h7-10,17-18H,5-6,11-16H2,1-4H3. The third kappa shape index (κ3) is 4.34. The fraction of sp³-hybridized carbons (Fsp3) is 0.636. The van der Waals surface area contributed by atoms with Crippen molar-refractivity contribution >= 4 is 16.9 Å². The van der Waals surface area contributed by atoms with E-state index in [9.17, 15) is 4.79 Å². The van der Waals surface area contributed by atoms with Gasteiger partial charge in [-0.05, 0) is 65.3 Å². The Hall–Kier alpha value is -1.88. The Labute approximate surface area is 163 Å². The van der Waals surface area contributed by atoms with Gasteiger partial charge in [0.1, 0.15) is 5.82 Å². The van der Waals surface area contributed by atoms with Gasteiger partial charge in [-0.3, -0.25) is 9.69 Å². The van der Waals surface area contributed by atoms with Crippen molar-refractivity contribution in [1.29, 1.82) is 0 Å². The van der Waals surface area contributed by atoms with Crippen LogP contribution in [0.4, 0.5) is 0 Å². The number of fused-ring (bicyclic) bond motifs is 1. The van der Waals surface area contributed by atoms with Crippen molar-refractivity contribution < 1.29 is 4.79 Å². The van der Waals surface area contributed by atoms with E-state index < -0.39 is 0 Å². The average molecular weight is 371 g/mol. The molecule has 1 aliphatic heterocycles. The summed E-state index contributed by atoms with van der Waals surface area (Å²) >= 11 is 0. The van der Waals surface area contributed by atoms with E-state index in [0.717, 1.165) is 63.3 Å². The Balaban J connectivity index is 1.65. The summed E-state index contributed by atoms with van der Waals surface area (Å²) in [7, 11) is 0. The number of nitrogens with zero attached hydrogens (tertiary/aromatic N) is 4. The predicted molar refractivity (Wildman–Crippen MR) is 111 cm³/mol. The maximum atomic E-state index is 12.7. The summed E-state index contributed by atoms with van der Waals surface area (Å²) in [6, 6.07) is 8.77. The lowest BCUT2D eigenvalue weighted by Crippen LogP contribution is -2.42. The number of rotatable bonds is 7. The normalized spacial score (nSPS) is 16.3. The van der Waals surface area contributed by atoms with Gasteiger partial charge in [0.05, 0.1) is 17.6 Å². The third-order valence-corrected chi connectivity index (χ3v) is 5.67. The highest BCUT2D eigenvalue weighted by Gasteiger charge is 2.28. The molecule has 1 aromatic heterocycles. The number of amides is 1. The summed E-state index contributed by atoms with van der Waals surface area (Å²) in [6.07, 6.45) is 2.95. The summed E-state index contributed by atoms with van der Waals surface area (Å²) in [5.74, 6) is 1.68. The van der Waals surface area contributed by atoms with Gasteiger partial charge in [0.15, 0.2) is 0 Å². The van der Waals surface area contributed by atoms with Crippen molar-refractivity contribution in [3.05, 3.63) is 30.1 Å². The summed E-state index contributed by atoms with van der Waals surface area (Å²) in [6.45, 7) is 13.2. The smallest absolute Gasteiger partial charge is 0.225 e. The molecule has 0 atom stereocenters. The number of aromatic nitrogens is 2. The second-order valence-corrected chi connectivity index (χ2v) is 7.95. The number of benzene rings is 1. The summed E-state index contributed by atoms with van der Waals surface area (Å²) in [5, 5.41) is 0. The molecule has 1 aliphatic rings. The summed E-state index contributed by atoms with van der Waals surface area (Å²) in [4.78, 5) is 22.1. The number of hydrogen-bond donors (Lipinski definition) is 0. The van der Waals surface area contributed by atoms with E-state index in [1.165, 1.54) is 5.52 Å². The van der Waals surface area contributed by atoms with Gasteiger partial charge in [-0.1, -0.05) is 19.1 Å². The second kappa shape index (κ2) is 8.87. The lowest BCUT2D eigenvalue weighted by atomic mass is 9.95. The van der Waals surface area contributed by atoms with E-state index in [1.807, 2.05) is 4.90 Å². The van der Waals surface area contributed by atoms with Crippen molar-refractivity contribution in [3.8, 4) is 0 Å². The third-order valence-electron chi connectivity index (χ3n) is 5.67. The average Bonchev–Trinajstić information content (AvgIpc) is 3.04. The maximum absolute atomic E-state index is 12.7. The molecule has 1 aromatic carbocycles. The minimum atomic E-state index is 0.191. The zero-order valence-electron chi connectivity index (χ0n) is 17.3. The van der Waals surface area contributed by atoms with Crippen LogP contribution in [-0.4, -0.2) is 51.4 Å². The Kier molecular flexibility index (Phi) is 6.53. The number of likely N-dealkylation sites (tertiary alicyclic amines) is 1. The van der Waals surface area contributed by atoms with Crippen LogP contribution in [0, 0.1) is 5.92 Å². The van der Waals surface area contributed by atoms with Gasteiger partial charge in [-0.2, -0.15) is 0 Å². The Morgan fingerprint density at radius 1 is 1.22 bits per heavy atom. The molecule has 2 aromatic rings. The maximum Gasteiger partial charge on any atom is 0.225 e. The van der Waals surface area contributed by atoms with E-state index >= 15 is 0 Å². The van der Waals surface area contributed by atoms with Gasteiger partial charge in [-0.25, -0.2) is 4.98 Å². The first-order valence-corrected chi connectivity index (χ1v) is 10.5. The molecule has 0 unspecified atom stereocenters. The van der Waals surface area contributed by atoms with Crippen LogP contribution in [0.25, 0.3) is 11.0 Å². The van der Waals surface area contributed by atoms with Crippen molar-refractivity contribution in [2.45, 2.75) is 59.5 Å². The molecule has 27 heavy (non-hydrogen) atoms. The van der Waals surface area contributed by atoms with Crippen LogP contribution in [0.1, 0.15) is 58.8 Å². The van der Waals surface area contributed by atoms with E-state index in [4.69, 9.17) is 4.98 Å². The van der Waals surface area contributed by atoms with Gasteiger partial charge >= 0.3 is 0 Å². The van der Waals surface area contributed by atoms with Crippen LogP contribution in [0.3, 0.4) is 0 Å². The first-order valence-electron chi connectivity index (χ1n) is 10.5. The largest absolute Gasteiger partial charge is 0.343 e. The van der Waals surface area contributed by atoms with Gasteiger partial charge in [0, 0.05) is 25.0 Å². The molecule has 1 saturated heterocycles. The molecule has 0 aliphatic carbocycles. The topological polar surface area (TPSA) is 41.4 Å². The van der Waals surface area contributed by atoms with Gasteiger partial charge < -0.3 is 9.47 Å². The molecule has 0 saturated carbocycles. The lowest BCUT2D eigenvalue weighted by Gasteiger charge is -2.34. The molecule has 1 amide bonds. The van der Waals surface area contributed by atoms with Crippen molar-refractivity contribution in [1.82, 2.24) is 19.4 Å². The monoisotopic (exact) mass is 370 g/mol. The van der Waals surface area contributed by atoms with Gasteiger partial charge in [0.2, 0.25) is 5.91 Å². The number of imidazole rings is 1. The summed E-state index contributed by atoms with van der Waals surface area (Å²) < 4.78 is 2.35. The molecule has 5 heteroatoms. The van der Waals surface area contributed by atoms with Gasteiger partial charge in [0.25, 0.3) is 0 Å². The molecule has 0 radical (unpaired) electrons. The van der Waals surface area contributed by atoms with Crippen molar-refractivity contribution in [2.75, 3.05) is 26.2 Å². The highest BCUT2D eigenvalue weighted by atomic mass is 16.2. The first kappa shape index (κ1) is 19.9. The number of hydrogen-bond acceptors (Lipinski definition) is 3. The lowest BCUT2D eigenvalue weighted by molar-refractivity contribution is -0.137. The summed E-state index contributed by atoms with van der Waals surface area (Å²) in [5.41, 5.74) is 2.29. The molecular weight excluding hydrogens is 336 g/mol. The molecular formula is C22H34N4O. The van der Waals surface area contributed by atoms with Crippen LogP contribution in [0.2, 0.25) is 0 Å². The second-order valence-electron chi connectivity index (χ2n) is 7.95. The van der Waals surface area contributed by atoms with Crippen LogP contribution < -0.4 is 0 Å². The Morgan fingerprint density at radius 3 is 2.56 bits per heavy atom. The van der Waals surface area contributed by atoms with Crippen LogP contribution in [0.15, 0.2) is 24.3 Å². The van der Waals surface area contributed by atoms with E-state index in [1.54, 1.807) is 0 Å². The van der Waals surface area contributed by atoms with Crippen LogP contribution >= 0.6 is 0 Å². The molecule has 2 heterocycles. The minimum Gasteiger partial charge on any atom is -0.343 e. The zero-order valence-corrected chi connectivity index (χ0v) is 17.3. The highest BCUT2D eigenvalue weighted by Crippen LogP contribution is 2.25. The quantitative estimate of drug-likeness (QED) is 0.737. The molecule has 5 nitrogen and oxygen atoms in total. The van der Waals surface area contributed by atoms with E-state index in [2.05, 4.69) is 61.4 Å². The number of para-hydroxylation sites is 2. The van der Waals surface area contributed by atoms with E-state index in [-0.39, 0.29) is 5.92 Å². The molecule has 0 N–H and O–H groups in total. The Morgan fingerprint density at radius 2 is 1.93 bits per heavy atom. The van der Waals surface area contributed by atoms with Crippen molar-refractivity contribution in [3.63, 3.8) is 0 Å². The van der Waals surface area contributed by atoms with Crippen LogP contribution in [0.5, 0.6) is 0 Å². The van der Waals surface area contributed by atoms with Gasteiger partial charge in [-0.15, -0.1) is 0 Å². The SMILES string of the molecule is CCCN(CC)C(=O)C1CCN(Cc2nc3ccccc3n2C(C)C)CC1. The zero-order chi connectivity index (χ0) is 19.4. The Bertz CT molecular complexity index is 759. The molecule has 148 valence electrons. The van der Waals surface area contributed by atoms with Crippen molar-refractivity contribution in [2.24, 2.45) is 5.92 Å². The number of carbonyl (C=O) groups excluding carboxylic acids is 1. The molecule has 0 spiro atoms. The number of carbonyl (C=O) groups is 1. The number of piperidine rings is 1. The first-order chi connectivity index (χ1) is 13.0. The molecule has 0 bridgehead atoms. The fourth-order valence-corrected chi connectivity index (χ4v) is 4.27.